The Kier molecular flexibility index (Phi) is 65.0. The summed E-state index contributed by atoms with van der Waals surface area (Å²) < 4.78 is 0. The summed E-state index contributed by atoms with van der Waals surface area (Å²) >= 11 is 0. The first kappa shape index (κ1) is 15.7. The van der Waals surface area contributed by atoms with Crippen LogP contribution < -0.4 is 0 Å². The molecule has 0 saturated heterocycles. The summed E-state index contributed by atoms with van der Waals surface area (Å²) in [5, 5.41) is 35.8. The van der Waals surface area contributed by atoms with E-state index in [1.165, 1.54) is 0 Å². The van der Waals surface area contributed by atoms with Crippen LogP contribution in [0.5, 0.6) is 0 Å². The van der Waals surface area contributed by atoms with Crippen molar-refractivity contribution in [1.82, 2.24) is 0 Å². The first-order valence-electron chi connectivity index (χ1n) is 1.11. The molecule has 9 nitrogen and oxygen atoms in total. The maximum Gasteiger partial charge on any atom is 0.0689 e. The van der Waals surface area contributed by atoms with Crippen LogP contribution in [-0.2, 0) is 0 Å². The molecule has 0 heterocycles. The molecule has 0 spiro atoms. The van der Waals surface area contributed by atoms with Gasteiger partial charge < -0.3 is 25.4 Å². The van der Waals surface area contributed by atoms with Crippen LogP contribution in [0.1, 0.15) is 0 Å². The Morgan fingerprint density at radius 3 is 1.33 bits per heavy atom. The summed E-state index contributed by atoms with van der Waals surface area (Å²) in [6.45, 7) is 0. The van der Waals surface area contributed by atoms with Gasteiger partial charge in [0.1, 0.15) is 0 Å². The minimum atomic E-state index is -1.75. The van der Waals surface area contributed by atoms with Crippen LogP contribution in [0.3, 0.4) is 0 Å². The van der Waals surface area contributed by atoms with Crippen molar-refractivity contribution < 1.29 is 5.09 Å². The van der Waals surface area contributed by atoms with Crippen molar-refractivity contribution in [3.8, 4) is 0 Å². The van der Waals surface area contributed by atoms with E-state index in [-0.39, 0.29) is 0 Å². The highest BCUT2D eigenvalue weighted by molar-refractivity contribution is 4.21. The number of rotatable bonds is 0. The normalized spacial score (nSPS) is 4.22. The van der Waals surface area contributed by atoms with Crippen LogP contribution in [0.4, 0.5) is 0 Å². The monoisotopic (exact) mass is 136 g/mol. The lowest BCUT2D eigenvalue weighted by Crippen LogP contribution is -1.74. The van der Waals surface area contributed by atoms with Crippen molar-refractivity contribution in [2.24, 2.45) is 5.34 Å². The molecule has 0 fully saturated rings. The third kappa shape index (κ3) is 24.8. The molecule has 0 radical (unpaired) electrons. The van der Waals surface area contributed by atoms with Gasteiger partial charge in [-0.2, -0.15) is 0 Å². The summed E-state index contributed by atoms with van der Waals surface area (Å²) in [4.78, 5) is 16.2. The van der Waals surface area contributed by atoms with Gasteiger partial charge in [0, 0.05) is 10.8 Å². The van der Waals surface area contributed by atoms with Crippen LogP contribution in [0.25, 0.3) is 0 Å². The average molecular weight is 136 g/mol. The summed E-state index contributed by atoms with van der Waals surface area (Å²) in [6, 6.07) is 0. The van der Waals surface area contributed by atoms with Crippen molar-refractivity contribution >= 4 is 0 Å². The van der Waals surface area contributed by atoms with Gasteiger partial charge in [-0.1, -0.05) is 0 Å². The number of hydrogen-bond acceptors (Lipinski definition) is 8. The van der Waals surface area contributed by atoms with E-state index in [1.807, 2.05) is 0 Å². The zero-order chi connectivity index (χ0) is 8.28. The molecule has 9 heavy (non-hydrogen) atoms. The maximum absolute atomic E-state index is 8.25. The Bertz CT molecular complexity index is 80.2. The van der Waals surface area contributed by atoms with Gasteiger partial charge in [0.2, 0.25) is 0 Å². The fraction of sp³-hybridized carbons (Fsp3) is 0. The first-order valence-corrected chi connectivity index (χ1v) is 1.11. The predicted molar refractivity (Wildman–Crippen MR) is 23.0 cm³/mol. The van der Waals surface area contributed by atoms with Gasteiger partial charge >= 0.3 is 0 Å². The van der Waals surface area contributed by atoms with Gasteiger partial charge in [-0.25, -0.2) is 0 Å². The van der Waals surface area contributed by atoms with Crippen molar-refractivity contribution in [1.29, 1.82) is 10.8 Å². The fourth-order valence-corrected chi connectivity index (χ4v) is 0. The highest BCUT2D eigenvalue weighted by atomic mass is 16.9. The van der Waals surface area contributed by atoms with E-state index in [0.717, 1.165) is 5.34 Å². The summed E-state index contributed by atoms with van der Waals surface area (Å²) in [5.41, 5.74) is 0. The van der Waals surface area contributed by atoms with E-state index in [1.54, 1.807) is 0 Å². The highest BCUT2D eigenvalue weighted by Gasteiger charge is 1.45. The molecular formula is N4O5-2. The molecule has 0 aliphatic carbocycles. The molecule has 9 heteroatoms. The first-order chi connectivity index (χ1) is 4.15. The Balaban J connectivity index is -0.0000000646. The van der Waals surface area contributed by atoms with Gasteiger partial charge in [-0.05, 0) is 0 Å². The topological polar surface area (TPSA) is 166 Å². The second-order valence-corrected chi connectivity index (χ2v) is 0.298. The predicted octanol–water partition coefficient (Wildman–Crippen LogP) is 0.0417. The number of hydrogen-bond donors (Lipinski definition) is 0. The van der Waals surface area contributed by atoms with Crippen LogP contribution in [-0.4, -0.2) is 5.09 Å². The fourth-order valence-electron chi connectivity index (χ4n) is 0. The molecule has 0 aliphatic heterocycles. The van der Waals surface area contributed by atoms with Crippen LogP contribution in [0.2, 0.25) is 0 Å². The van der Waals surface area contributed by atoms with E-state index < -0.39 is 5.09 Å². The quantitative estimate of drug-likeness (QED) is 0.196. The van der Waals surface area contributed by atoms with E-state index in [4.69, 9.17) is 36.2 Å². The molecule has 0 aromatic carbocycles. The lowest BCUT2D eigenvalue weighted by atomic mass is 13.1. The van der Waals surface area contributed by atoms with Crippen molar-refractivity contribution in [3.63, 3.8) is 0 Å². The van der Waals surface area contributed by atoms with Gasteiger partial charge in [0.05, 0.1) is 5.09 Å². The Hall–Kier alpha value is -1.98. The second-order valence-electron chi connectivity index (χ2n) is 0.298. The molecule has 0 aliphatic rings. The number of nitrogens with zero attached hydrogens (tertiary/aromatic N) is 4. The van der Waals surface area contributed by atoms with E-state index in [2.05, 4.69) is 0 Å². The molecule has 0 saturated carbocycles. The lowest BCUT2D eigenvalue weighted by Gasteiger charge is -1.74. The molecular weight excluding hydrogens is 136 g/mol. The van der Waals surface area contributed by atoms with Crippen LogP contribution in [0, 0.1) is 36.2 Å². The van der Waals surface area contributed by atoms with E-state index in [9.17, 15) is 0 Å². The van der Waals surface area contributed by atoms with Crippen LogP contribution in [0.15, 0.2) is 5.34 Å². The molecule has 0 aromatic rings. The smallest absolute Gasteiger partial charge is 0.0689 e. The Morgan fingerprint density at radius 2 is 1.33 bits per heavy atom. The summed E-state index contributed by atoms with van der Waals surface area (Å²) in [7, 11) is 0. The molecule has 52 valence electrons. The molecule has 0 unspecified atom stereocenters. The zero-order valence-corrected chi connectivity index (χ0v) is 3.83. The molecule has 0 atom stereocenters. The van der Waals surface area contributed by atoms with Gasteiger partial charge in [0.15, 0.2) is 0 Å². The Morgan fingerprint density at radius 1 is 1.33 bits per heavy atom. The maximum atomic E-state index is 8.25. The third-order valence-corrected chi connectivity index (χ3v) is 0. The summed E-state index contributed by atoms with van der Waals surface area (Å²) in [5.74, 6) is 0. The van der Waals surface area contributed by atoms with Crippen molar-refractivity contribution in [3.05, 3.63) is 25.4 Å². The zero-order valence-electron chi connectivity index (χ0n) is 3.83. The highest BCUT2D eigenvalue weighted by Crippen LogP contribution is 1.44. The summed E-state index contributed by atoms with van der Waals surface area (Å²) in [6.07, 6.45) is 0. The Labute approximate surface area is 48.0 Å². The molecule has 0 rings (SSSR count). The third-order valence-electron chi connectivity index (χ3n) is 0. The SMILES string of the molecule is N#N.O=N[O-].O=[N+]([O-])[O-]. The van der Waals surface area contributed by atoms with E-state index in [0.29, 0.717) is 0 Å². The van der Waals surface area contributed by atoms with Gasteiger partial charge in [-0.15, -0.1) is 5.34 Å². The lowest BCUT2D eigenvalue weighted by molar-refractivity contribution is -0.402. The van der Waals surface area contributed by atoms with E-state index >= 15 is 0 Å². The van der Waals surface area contributed by atoms with Crippen molar-refractivity contribution in [2.45, 2.75) is 0 Å². The van der Waals surface area contributed by atoms with Gasteiger partial charge in [-0.3, -0.25) is 0 Å². The minimum absolute atomic E-state index is 1.00. The minimum Gasteiger partial charge on any atom is -0.444 e. The van der Waals surface area contributed by atoms with Crippen LogP contribution >= 0.6 is 0 Å². The molecule has 0 bridgehead atoms. The van der Waals surface area contributed by atoms with Gasteiger partial charge in [0.25, 0.3) is 0 Å². The molecule has 0 aromatic heterocycles. The average Bonchev–Trinajstić information content (AvgIpc) is 1.71. The second kappa shape index (κ2) is 37.2. The molecule has 0 amide bonds. The standard InChI is InChI=1S/N2.NO3.HNO2/c1-2;2-1(3)4;2-1-3/h;;(H,2,3)/q;-1;/p-1. The van der Waals surface area contributed by atoms with Crippen molar-refractivity contribution in [2.75, 3.05) is 0 Å². The largest absolute Gasteiger partial charge is 0.444 e. The molecule has 0 N–H and O–H groups in total.